The van der Waals surface area contributed by atoms with Gasteiger partial charge in [0, 0.05) is 68.7 Å². The first-order chi connectivity index (χ1) is 16.2. The van der Waals surface area contributed by atoms with Crippen LogP contribution in [0.15, 0.2) is 47.3 Å². The molecular formula is C26H33N5O2. The van der Waals surface area contributed by atoms with Gasteiger partial charge in [0.15, 0.2) is 0 Å². The van der Waals surface area contributed by atoms with Crippen LogP contribution in [0.3, 0.4) is 0 Å². The predicted molar refractivity (Wildman–Crippen MR) is 134 cm³/mol. The van der Waals surface area contributed by atoms with Gasteiger partial charge in [0.2, 0.25) is 11.4 Å². The Morgan fingerprint density at radius 1 is 0.970 bits per heavy atom. The van der Waals surface area contributed by atoms with Gasteiger partial charge in [-0.15, -0.1) is 0 Å². The lowest BCUT2D eigenvalue weighted by Crippen LogP contribution is -2.47. The number of H-pyrrole nitrogens is 1. The first kappa shape index (κ1) is 21.8. The lowest BCUT2D eigenvalue weighted by molar-refractivity contribution is 0.236. The molecule has 0 radical (unpaired) electrons. The Bertz CT molecular complexity index is 1150. The first-order valence-corrected chi connectivity index (χ1v) is 12.1. The Labute approximate surface area is 195 Å². The SMILES string of the molecule is CN1CCCc2c1cccc2N1CCN(CCCCOc2ccc3ccc(=O)[nH]c3n2)CC1. The highest BCUT2D eigenvalue weighted by Gasteiger charge is 2.22. The lowest BCUT2D eigenvalue weighted by Gasteiger charge is -2.39. The Balaban J connectivity index is 1.06. The van der Waals surface area contributed by atoms with Gasteiger partial charge in [-0.3, -0.25) is 9.69 Å². The normalized spacial score (nSPS) is 16.8. The third-order valence-corrected chi connectivity index (χ3v) is 6.85. The molecule has 1 N–H and O–H groups in total. The van der Waals surface area contributed by atoms with Crippen LogP contribution < -0.4 is 20.1 Å². The standard InChI is InChI=1S/C26H33N5O2/c1-29-13-5-6-21-22(29)7-4-8-23(21)31-17-15-30(16-18-31)14-2-3-19-33-25-12-10-20-9-11-24(32)27-26(20)28-25/h4,7-12H,2-3,5-6,13-19H2,1H3,(H,27,28,32). The molecule has 0 atom stereocenters. The van der Waals surface area contributed by atoms with Gasteiger partial charge in [-0.1, -0.05) is 6.07 Å². The zero-order valence-corrected chi connectivity index (χ0v) is 19.4. The molecule has 0 amide bonds. The van der Waals surface area contributed by atoms with Crippen molar-refractivity contribution in [1.29, 1.82) is 0 Å². The number of anilines is 2. The second kappa shape index (κ2) is 9.83. The number of fused-ring (bicyclic) bond motifs is 2. The van der Waals surface area contributed by atoms with Crippen molar-refractivity contribution in [3.63, 3.8) is 0 Å². The number of benzene rings is 1. The third-order valence-electron chi connectivity index (χ3n) is 6.85. The van der Waals surface area contributed by atoms with E-state index < -0.39 is 0 Å². The summed E-state index contributed by atoms with van der Waals surface area (Å²) in [5.41, 5.74) is 4.81. The molecule has 3 aromatic rings. The van der Waals surface area contributed by atoms with E-state index in [1.54, 1.807) is 6.07 Å². The van der Waals surface area contributed by atoms with Crippen LogP contribution >= 0.6 is 0 Å². The Morgan fingerprint density at radius 2 is 1.79 bits per heavy atom. The molecule has 4 heterocycles. The molecule has 2 aliphatic rings. The van der Waals surface area contributed by atoms with Crippen LogP contribution in [0.25, 0.3) is 11.0 Å². The molecule has 0 bridgehead atoms. The van der Waals surface area contributed by atoms with Crippen LogP contribution in [-0.2, 0) is 6.42 Å². The highest BCUT2D eigenvalue weighted by Crippen LogP contribution is 2.34. The number of aromatic amines is 1. The molecule has 7 nitrogen and oxygen atoms in total. The van der Waals surface area contributed by atoms with Gasteiger partial charge in [0.05, 0.1) is 6.61 Å². The topological polar surface area (TPSA) is 64.7 Å². The van der Waals surface area contributed by atoms with Crippen molar-refractivity contribution in [2.24, 2.45) is 0 Å². The second-order valence-corrected chi connectivity index (χ2v) is 9.09. The van der Waals surface area contributed by atoms with E-state index in [1.807, 2.05) is 12.1 Å². The highest BCUT2D eigenvalue weighted by molar-refractivity contribution is 5.74. The molecule has 2 aromatic heterocycles. The largest absolute Gasteiger partial charge is 0.478 e. The summed E-state index contributed by atoms with van der Waals surface area (Å²) < 4.78 is 5.82. The minimum atomic E-state index is -0.147. The number of nitrogens with zero attached hydrogens (tertiary/aromatic N) is 4. The van der Waals surface area contributed by atoms with Crippen LogP contribution in [0.5, 0.6) is 5.88 Å². The summed E-state index contributed by atoms with van der Waals surface area (Å²) in [6.45, 7) is 7.31. The van der Waals surface area contributed by atoms with E-state index in [0.717, 1.165) is 57.5 Å². The number of hydrogen-bond donors (Lipinski definition) is 1. The summed E-state index contributed by atoms with van der Waals surface area (Å²) in [6, 6.07) is 13.9. The zero-order chi connectivity index (χ0) is 22.6. The van der Waals surface area contributed by atoms with E-state index in [9.17, 15) is 4.79 Å². The fourth-order valence-electron chi connectivity index (χ4n) is 5.00. The van der Waals surface area contributed by atoms with Crippen molar-refractivity contribution in [1.82, 2.24) is 14.9 Å². The van der Waals surface area contributed by atoms with Crippen LogP contribution in [0.1, 0.15) is 24.8 Å². The third kappa shape index (κ3) is 4.98. The minimum absolute atomic E-state index is 0.147. The van der Waals surface area contributed by atoms with Gasteiger partial charge in [0.1, 0.15) is 5.65 Å². The van der Waals surface area contributed by atoms with Gasteiger partial charge < -0.3 is 19.5 Å². The van der Waals surface area contributed by atoms with Crippen molar-refractivity contribution in [3.05, 3.63) is 58.4 Å². The van der Waals surface area contributed by atoms with Crippen LogP contribution in [0.2, 0.25) is 0 Å². The molecule has 1 saturated heterocycles. The van der Waals surface area contributed by atoms with E-state index in [2.05, 4.69) is 49.9 Å². The van der Waals surface area contributed by atoms with E-state index in [-0.39, 0.29) is 5.56 Å². The van der Waals surface area contributed by atoms with Crippen LogP contribution in [-0.4, -0.2) is 67.8 Å². The van der Waals surface area contributed by atoms with Crippen molar-refractivity contribution in [2.75, 3.05) is 62.7 Å². The molecule has 174 valence electrons. The van der Waals surface area contributed by atoms with Crippen LogP contribution in [0.4, 0.5) is 11.4 Å². The number of nitrogens with one attached hydrogen (secondary N) is 1. The number of aromatic nitrogens is 2. The molecule has 33 heavy (non-hydrogen) atoms. The highest BCUT2D eigenvalue weighted by atomic mass is 16.5. The molecule has 2 aliphatic heterocycles. The number of hydrogen-bond acceptors (Lipinski definition) is 6. The summed E-state index contributed by atoms with van der Waals surface area (Å²) in [7, 11) is 2.21. The van der Waals surface area contributed by atoms with Gasteiger partial charge in [-0.25, -0.2) is 0 Å². The average Bonchev–Trinajstić information content (AvgIpc) is 2.84. The smallest absolute Gasteiger partial charge is 0.249 e. The minimum Gasteiger partial charge on any atom is -0.478 e. The maximum atomic E-state index is 11.5. The van der Waals surface area contributed by atoms with Crippen LogP contribution in [0, 0.1) is 0 Å². The Hall–Kier alpha value is -3.06. The van der Waals surface area contributed by atoms with Crippen molar-refractivity contribution in [3.8, 4) is 5.88 Å². The number of pyridine rings is 2. The maximum absolute atomic E-state index is 11.5. The quantitative estimate of drug-likeness (QED) is 0.561. The van der Waals surface area contributed by atoms with Gasteiger partial charge in [-0.05, 0) is 62.1 Å². The molecule has 0 spiro atoms. The van der Waals surface area contributed by atoms with E-state index in [4.69, 9.17) is 4.74 Å². The molecule has 7 heteroatoms. The van der Waals surface area contributed by atoms with Crippen molar-refractivity contribution in [2.45, 2.75) is 25.7 Å². The zero-order valence-electron chi connectivity index (χ0n) is 19.4. The summed E-state index contributed by atoms with van der Waals surface area (Å²) in [6.07, 6.45) is 4.53. The van der Waals surface area contributed by atoms with Crippen molar-refractivity contribution >= 4 is 22.4 Å². The molecule has 5 rings (SSSR count). The summed E-state index contributed by atoms with van der Waals surface area (Å²) >= 11 is 0. The first-order valence-electron chi connectivity index (χ1n) is 12.1. The van der Waals surface area contributed by atoms with Gasteiger partial charge in [0.25, 0.3) is 0 Å². The molecular weight excluding hydrogens is 414 g/mol. The molecule has 1 fully saturated rings. The summed E-state index contributed by atoms with van der Waals surface area (Å²) in [5.74, 6) is 0.565. The fourth-order valence-corrected chi connectivity index (χ4v) is 5.00. The van der Waals surface area contributed by atoms with E-state index >= 15 is 0 Å². The summed E-state index contributed by atoms with van der Waals surface area (Å²) in [5, 5.41) is 0.907. The maximum Gasteiger partial charge on any atom is 0.249 e. The predicted octanol–water partition coefficient (Wildman–Crippen LogP) is 3.29. The number of ether oxygens (including phenoxy) is 1. The molecule has 1 aromatic carbocycles. The van der Waals surface area contributed by atoms with Gasteiger partial charge >= 0.3 is 0 Å². The van der Waals surface area contributed by atoms with E-state index in [0.29, 0.717) is 18.1 Å². The lowest BCUT2D eigenvalue weighted by atomic mass is 9.99. The molecule has 0 aliphatic carbocycles. The number of piperazine rings is 1. The number of rotatable bonds is 7. The fraction of sp³-hybridized carbons (Fsp3) is 0.462. The van der Waals surface area contributed by atoms with Gasteiger partial charge in [-0.2, -0.15) is 4.98 Å². The molecule has 0 saturated carbocycles. The average molecular weight is 448 g/mol. The Kier molecular flexibility index (Phi) is 6.48. The summed E-state index contributed by atoms with van der Waals surface area (Å²) in [4.78, 5) is 26.2. The van der Waals surface area contributed by atoms with E-state index in [1.165, 1.54) is 35.8 Å². The number of unbranched alkanes of at least 4 members (excludes halogenated alkanes) is 1. The molecule has 0 unspecified atom stereocenters. The second-order valence-electron chi connectivity index (χ2n) is 9.09. The monoisotopic (exact) mass is 447 g/mol. The Morgan fingerprint density at radius 3 is 2.67 bits per heavy atom. The van der Waals surface area contributed by atoms with Crippen molar-refractivity contribution < 1.29 is 4.74 Å².